The topological polar surface area (TPSA) is 196 Å². The summed E-state index contributed by atoms with van der Waals surface area (Å²) in [6.07, 6.45) is -6.82. The highest BCUT2D eigenvalue weighted by molar-refractivity contribution is 5.87. The fourth-order valence-corrected chi connectivity index (χ4v) is 4.58. The van der Waals surface area contributed by atoms with Crippen molar-refractivity contribution in [2.75, 3.05) is 26.4 Å². The number of hydrogen-bond acceptors (Lipinski definition) is 13. The number of alkyl halides is 5. The number of tetrazole rings is 1. The Balaban J connectivity index is 1.45. The van der Waals surface area contributed by atoms with Crippen molar-refractivity contribution < 1.29 is 66.1 Å². The number of aromatic carboxylic acids is 1. The normalized spacial score (nSPS) is 12.0. The summed E-state index contributed by atoms with van der Waals surface area (Å²) in [6.45, 7) is 0.517. The van der Waals surface area contributed by atoms with Crippen LogP contribution in [0, 0.1) is 0 Å². The lowest BCUT2D eigenvalue weighted by Gasteiger charge is -2.18. The van der Waals surface area contributed by atoms with Crippen molar-refractivity contribution in [1.82, 2.24) is 35.1 Å². The Morgan fingerprint density at radius 1 is 0.920 bits per heavy atom. The average molecular weight is 716 g/mol. The van der Waals surface area contributed by atoms with E-state index >= 15 is 0 Å². The maximum Gasteiger partial charge on any atom is 0.510 e. The molecule has 0 fully saturated rings. The number of hydrogen-bond donors (Lipinski definition) is 3. The van der Waals surface area contributed by atoms with Crippen molar-refractivity contribution in [2.45, 2.75) is 45.1 Å². The molecule has 0 aliphatic carbocycles. The minimum absolute atomic E-state index is 0.00874. The molecular weight excluding hydrogens is 685 g/mol. The summed E-state index contributed by atoms with van der Waals surface area (Å²) in [7, 11) is 0. The molecule has 0 atom stereocenters. The van der Waals surface area contributed by atoms with Crippen molar-refractivity contribution in [3.63, 3.8) is 0 Å². The molecule has 2 heterocycles. The van der Waals surface area contributed by atoms with Gasteiger partial charge in [0.1, 0.15) is 12.4 Å². The van der Waals surface area contributed by atoms with E-state index in [-0.39, 0.29) is 51.0 Å². The smallest absolute Gasteiger partial charge is 0.477 e. The van der Waals surface area contributed by atoms with E-state index in [9.17, 15) is 36.6 Å². The van der Waals surface area contributed by atoms with E-state index in [1.165, 1.54) is 0 Å². The van der Waals surface area contributed by atoms with Crippen molar-refractivity contribution >= 4 is 12.1 Å². The van der Waals surface area contributed by atoms with Gasteiger partial charge in [0.15, 0.2) is 11.4 Å². The van der Waals surface area contributed by atoms with E-state index in [0.717, 1.165) is 9.36 Å². The van der Waals surface area contributed by atoms with Gasteiger partial charge in [-0.2, -0.15) is 22.0 Å². The number of imidazole rings is 1. The highest BCUT2D eigenvalue weighted by atomic mass is 19.4. The molecule has 0 aliphatic rings. The lowest BCUT2D eigenvalue weighted by Crippen LogP contribution is -2.35. The second kappa shape index (κ2) is 16.5. The van der Waals surface area contributed by atoms with Gasteiger partial charge in [-0.25, -0.2) is 19.4 Å². The first kappa shape index (κ1) is 37.7. The maximum atomic E-state index is 14.3. The van der Waals surface area contributed by atoms with E-state index < -0.39 is 47.7 Å². The Hall–Kier alpha value is -5.09. The lowest BCUT2D eigenvalue weighted by molar-refractivity contribution is -0.493. The maximum absolute atomic E-state index is 14.3. The van der Waals surface area contributed by atoms with Gasteiger partial charge in [0.25, 0.3) is 0 Å². The van der Waals surface area contributed by atoms with Crippen LogP contribution in [0.4, 0.5) is 26.7 Å². The fourth-order valence-electron chi connectivity index (χ4n) is 4.58. The van der Waals surface area contributed by atoms with Gasteiger partial charge in [-0.05, 0) is 28.3 Å². The summed E-state index contributed by atoms with van der Waals surface area (Å²) < 4.78 is 83.9. The standard InChI is InChI=1S/C29H30F5N7O9/c1-2-5-22-35-24(28(30,31)29(32,33)34)23(26(42)43)39(22)16-18-8-10-19(11-9-18)20-6-3-4-7-21(20)25-36-38-40(37-25)17-49-27(44)48-14-12-47-13-15-50-41(45)46/h3-4,6-11,45-46H,2,5,12-17H2,1H3,(H,42,43). The molecule has 2 aromatic heterocycles. The molecule has 0 aliphatic heterocycles. The second-order valence-corrected chi connectivity index (χ2v) is 10.2. The van der Waals surface area contributed by atoms with E-state index in [1.807, 2.05) is 0 Å². The van der Waals surface area contributed by atoms with Gasteiger partial charge in [0.05, 0.1) is 25.2 Å². The van der Waals surface area contributed by atoms with Gasteiger partial charge in [0, 0.05) is 18.5 Å². The van der Waals surface area contributed by atoms with Gasteiger partial charge in [-0.3, -0.25) is 10.4 Å². The van der Waals surface area contributed by atoms with Crippen LogP contribution >= 0.6 is 0 Å². The summed E-state index contributed by atoms with van der Waals surface area (Å²) in [6, 6.07) is 13.3. The van der Waals surface area contributed by atoms with Crippen LogP contribution in [0.3, 0.4) is 0 Å². The van der Waals surface area contributed by atoms with E-state index in [0.29, 0.717) is 28.7 Å². The molecule has 0 unspecified atom stereocenters. The summed E-state index contributed by atoms with van der Waals surface area (Å²) in [5.41, 5.74) is -0.925. The molecule has 50 heavy (non-hydrogen) atoms. The summed E-state index contributed by atoms with van der Waals surface area (Å²) in [4.78, 5) is 32.6. The van der Waals surface area contributed by atoms with Crippen LogP contribution in [-0.2, 0) is 44.7 Å². The quantitative estimate of drug-likeness (QED) is 0.0589. The summed E-state index contributed by atoms with van der Waals surface area (Å²) in [5, 5.41) is 38.1. The molecular formula is C29H30F5N7O9. The van der Waals surface area contributed by atoms with Crippen LogP contribution in [-0.4, -0.2) is 95.4 Å². The van der Waals surface area contributed by atoms with Gasteiger partial charge in [-0.1, -0.05) is 55.5 Å². The van der Waals surface area contributed by atoms with Crippen molar-refractivity contribution in [2.24, 2.45) is 0 Å². The number of aryl methyl sites for hydroxylation is 1. The molecule has 21 heteroatoms. The second-order valence-electron chi connectivity index (χ2n) is 10.2. The number of halogens is 5. The molecule has 0 amide bonds. The Labute approximate surface area is 279 Å². The highest BCUT2D eigenvalue weighted by Crippen LogP contribution is 2.45. The molecule has 0 saturated heterocycles. The minimum atomic E-state index is -6.05. The number of ether oxygens (including phenoxy) is 3. The third-order valence-corrected chi connectivity index (χ3v) is 6.78. The molecule has 2 aromatic carbocycles. The first-order valence-corrected chi connectivity index (χ1v) is 14.6. The number of carbonyl (C=O) groups is 2. The molecule has 0 spiro atoms. The Bertz CT molecular complexity index is 1750. The monoisotopic (exact) mass is 715 g/mol. The van der Waals surface area contributed by atoms with Crippen LogP contribution < -0.4 is 0 Å². The minimum Gasteiger partial charge on any atom is -0.477 e. The third kappa shape index (κ3) is 9.32. The first-order valence-electron chi connectivity index (χ1n) is 14.6. The lowest BCUT2D eigenvalue weighted by atomic mass is 9.98. The van der Waals surface area contributed by atoms with Crippen molar-refractivity contribution in [3.05, 3.63) is 71.3 Å². The summed E-state index contributed by atoms with van der Waals surface area (Å²) >= 11 is 0. The molecule has 0 bridgehead atoms. The van der Waals surface area contributed by atoms with E-state index in [1.54, 1.807) is 55.5 Å². The zero-order valence-electron chi connectivity index (χ0n) is 26.1. The molecule has 270 valence electrons. The highest BCUT2D eigenvalue weighted by Gasteiger charge is 2.62. The number of aromatic nitrogens is 6. The van der Waals surface area contributed by atoms with Crippen LogP contribution in [0.15, 0.2) is 48.5 Å². The van der Waals surface area contributed by atoms with Gasteiger partial charge >= 0.3 is 24.2 Å². The molecule has 0 radical (unpaired) electrons. The Kier molecular flexibility index (Phi) is 12.5. The van der Waals surface area contributed by atoms with E-state index in [4.69, 9.17) is 24.6 Å². The SMILES string of the molecule is CCCc1nc(C(F)(F)C(F)(F)F)c(C(=O)O)n1Cc1ccc(-c2ccccc2-c2nnn(COC(=O)OCCOCCON(O)O)n2)cc1. The molecule has 16 nitrogen and oxygen atoms in total. The number of carbonyl (C=O) groups excluding carboxylic acids is 1. The first-order chi connectivity index (χ1) is 23.7. The zero-order valence-corrected chi connectivity index (χ0v) is 26.1. The predicted molar refractivity (Wildman–Crippen MR) is 156 cm³/mol. The zero-order chi connectivity index (χ0) is 36.5. The largest absolute Gasteiger partial charge is 0.510 e. The predicted octanol–water partition coefficient (Wildman–Crippen LogP) is 4.70. The number of carboxylic acid groups (broad SMARTS) is 1. The van der Waals surface area contributed by atoms with Gasteiger partial charge < -0.3 is 23.9 Å². The van der Waals surface area contributed by atoms with Gasteiger partial charge in [0.2, 0.25) is 12.6 Å². The number of nitrogens with zero attached hydrogens (tertiary/aromatic N) is 7. The van der Waals surface area contributed by atoms with Crippen LogP contribution in [0.25, 0.3) is 22.5 Å². The Morgan fingerprint density at radius 3 is 2.24 bits per heavy atom. The summed E-state index contributed by atoms with van der Waals surface area (Å²) in [5.74, 6) is -7.51. The molecule has 4 aromatic rings. The van der Waals surface area contributed by atoms with E-state index in [2.05, 4.69) is 25.2 Å². The number of rotatable bonds is 17. The van der Waals surface area contributed by atoms with Crippen molar-refractivity contribution in [3.8, 4) is 22.5 Å². The molecule has 4 rings (SSSR count). The number of carboxylic acids is 1. The van der Waals surface area contributed by atoms with Crippen LogP contribution in [0.1, 0.15) is 40.9 Å². The Morgan fingerprint density at radius 2 is 1.60 bits per heavy atom. The molecule has 0 saturated carbocycles. The van der Waals surface area contributed by atoms with Crippen LogP contribution in [0.5, 0.6) is 0 Å². The van der Waals surface area contributed by atoms with Crippen molar-refractivity contribution in [1.29, 1.82) is 0 Å². The average Bonchev–Trinajstić information content (AvgIpc) is 3.69. The van der Waals surface area contributed by atoms with Gasteiger partial charge in [-0.15, -0.1) is 15.0 Å². The number of benzene rings is 2. The fraction of sp³-hybridized carbons (Fsp3) is 0.379. The molecule has 3 N–H and O–H groups in total. The third-order valence-electron chi connectivity index (χ3n) is 6.78. The van der Waals surface area contributed by atoms with Crippen LogP contribution in [0.2, 0.25) is 0 Å².